The minimum Gasteiger partial charge on any atom is -0.497 e. The molecule has 1 aromatic heterocycles. The zero-order valence-electron chi connectivity index (χ0n) is 15.2. The summed E-state index contributed by atoms with van der Waals surface area (Å²) in [6.07, 6.45) is 0.207. The van der Waals surface area contributed by atoms with E-state index in [0.717, 1.165) is 15.8 Å². The molecule has 2 amide bonds. The largest absolute Gasteiger partial charge is 0.497 e. The van der Waals surface area contributed by atoms with Gasteiger partial charge in [0.2, 0.25) is 11.8 Å². The highest BCUT2D eigenvalue weighted by molar-refractivity contribution is 7.22. The number of hydrogen-bond acceptors (Lipinski definition) is 6. The Morgan fingerprint density at radius 2 is 1.89 bits per heavy atom. The van der Waals surface area contributed by atoms with Crippen LogP contribution in [0.25, 0.3) is 10.2 Å². The summed E-state index contributed by atoms with van der Waals surface area (Å²) in [5, 5.41) is 6.07. The Labute approximate surface area is 160 Å². The number of ether oxygens (including phenoxy) is 2. The highest BCUT2D eigenvalue weighted by Crippen LogP contribution is 2.30. The van der Waals surface area contributed by atoms with E-state index < -0.39 is 0 Å². The number of thiazole rings is 1. The number of anilines is 2. The number of carbonyl (C=O) groups excluding carboxylic acids is 2. The Balaban J connectivity index is 1.73. The lowest BCUT2D eigenvalue weighted by Gasteiger charge is -2.11. The molecule has 7 nitrogen and oxygen atoms in total. The Bertz CT molecular complexity index is 1000. The number of methoxy groups -OCH3 is 2. The standard InChI is InChI=1S/C19H19N3O4S/c1-11(23)20-19-22-15-6-4-12(8-17(15)27-19)9-18(24)21-14-7-5-13(25-2)10-16(14)26-3/h4-8,10H,9H2,1-3H3,(H,21,24)(H,20,22,23). The van der Waals surface area contributed by atoms with Gasteiger partial charge in [0.15, 0.2) is 5.13 Å². The van der Waals surface area contributed by atoms with Crippen LogP contribution in [0.2, 0.25) is 0 Å². The lowest BCUT2D eigenvalue weighted by molar-refractivity contribution is -0.116. The fraction of sp³-hybridized carbons (Fsp3) is 0.211. The van der Waals surface area contributed by atoms with E-state index in [1.54, 1.807) is 25.3 Å². The Morgan fingerprint density at radius 3 is 2.59 bits per heavy atom. The highest BCUT2D eigenvalue weighted by Gasteiger charge is 2.11. The lowest BCUT2D eigenvalue weighted by Crippen LogP contribution is -2.15. The molecule has 0 spiro atoms. The van der Waals surface area contributed by atoms with E-state index in [1.165, 1.54) is 25.4 Å². The molecule has 8 heteroatoms. The van der Waals surface area contributed by atoms with Crippen LogP contribution in [0.15, 0.2) is 36.4 Å². The normalized spacial score (nSPS) is 10.5. The van der Waals surface area contributed by atoms with E-state index in [2.05, 4.69) is 15.6 Å². The van der Waals surface area contributed by atoms with Gasteiger partial charge in [-0.05, 0) is 29.8 Å². The average Bonchev–Trinajstić information content (AvgIpc) is 3.02. The number of fused-ring (bicyclic) bond motifs is 1. The van der Waals surface area contributed by atoms with E-state index in [4.69, 9.17) is 9.47 Å². The first-order valence-corrected chi connectivity index (χ1v) is 8.99. The van der Waals surface area contributed by atoms with E-state index in [0.29, 0.717) is 22.3 Å². The molecule has 0 atom stereocenters. The molecule has 2 aromatic carbocycles. The van der Waals surface area contributed by atoms with E-state index in [1.807, 2.05) is 18.2 Å². The zero-order chi connectivity index (χ0) is 19.4. The van der Waals surface area contributed by atoms with Crippen LogP contribution in [0, 0.1) is 0 Å². The molecule has 0 aliphatic rings. The third kappa shape index (κ3) is 4.53. The molecule has 2 N–H and O–H groups in total. The highest BCUT2D eigenvalue weighted by atomic mass is 32.1. The van der Waals surface area contributed by atoms with Gasteiger partial charge < -0.3 is 20.1 Å². The second kappa shape index (κ2) is 8.05. The van der Waals surface area contributed by atoms with E-state index in [-0.39, 0.29) is 18.2 Å². The van der Waals surface area contributed by atoms with Crippen molar-refractivity contribution in [2.24, 2.45) is 0 Å². The van der Waals surface area contributed by atoms with Crippen molar-refractivity contribution in [2.75, 3.05) is 24.9 Å². The van der Waals surface area contributed by atoms with Crippen molar-refractivity contribution in [3.63, 3.8) is 0 Å². The minimum atomic E-state index is -0.165. The molecular formula is C19H19N3O4S. The van der Waals surface area contributed by atoms with Gasteiger partial charge in [-0.3, -0.25) is 9.59 Å². The molecule has 1 heterocycles. The fourth-order valence-electron chi connectivity index (χ4n) is 2.56. The molecule has 0 fully saturated rings. The lowest BCUT2D eigenvalue weighted by atomic mass is 10.1. The first-order valence-electron chi connectivity index (χ1n) is 8.17. The molecule has 0 aliphatic carbocycles. The molecule has 0 saturated heterocycles. The summed E-state index contributed by atoms with van der Waals surface area (Å²) >= 11 is 1.37. The van der Waals surface area contributed by atoms with Gasteiger partial charge in [0.1, 0.15) is 11.5 Å². The van der Waals surface area contributed by atoms with Gasteiger partial charge in [-0.1, -0.05) is 17.4 Å². The predicted octanol–water partition coefficient (Wildman–Crippen LogP) is 3.45. The molecule has 0 radical (unpaired) electrons. The summed E-state index contributed by atoms with van der Waals surface area (Å²) in [4.78, 5) is 27.9. The van der Waals surface area contributed by atoms with Crippen LogP contribution in [0.5, 0.6) is 11.5 Å². The predicted molar refractivity (Wildman–Crippen MR) is 106 cm³/mol. The Hall–Kier alpha value is -3.13. The second-order valence-electron chi connectivity index (χ2n) is 5.79. The van der Waals surface area contributed by atoms with Crippen molar-refractivity contribution >= 4 is 44.2 Å². The number of carbonyl (C=O) groups is 2. The summed E-state index contributed by atoms with van der Waals surface area (Å²) < 4.78 is 11.4. The van der Waals surface area contributed by atoms with Crippen LogP contribution < -0.4 is 20.1 Å². The van der Waals surface area contributed by atoms with Crippen LogP contribution in [0.1, 0.15) is 12.5 Å². The van der Waals surface area contributed by atoms with Crippen molar-refractivity contribution in [3.05, 3.63) is 42.0 Å². The van der Waals surface area contributed by atoms with Gasteiger partial charge in [0, 0.05) is 13.0 Å². The van der Waals surface area contributed by atoms with Crippen LogP contribution in [-0.2, 0) is 16.0 Å². The Morgan fingerprint density at radius 1 is 1.07 bits per heavy atom. The molecule has 0 unspecified atom stereocenters. The van der Waals surface area contributed by atoms with E-state index >= 15 is 0 Å². The van der Waals surface area contributed by atoms with Gasteiger partial charge in [-0.25, -0.2) is 4.98 Å². The molecular weight excluding hydrogens is 366 g/mol. The number of aromatic nitrogens is 1. The van der Waals surface area contributed by atoms with Gasteiger partial charge >= 0.3 is 0 Å². The van der Waals surface area contributed by atoms with Gasteiger partial charge in [0.05, 0.1) is 36.5 Å². The molecule has 140 valence electrons. The summed E-state index contributed by atoms with van der Waals surface area (Å²) in [5.41, 5.74) is 2.21. The number of nitrogens with zero attached hydrogens (tertiary/aromatic N) is 1. The summed E-state index contributed by atoms with van der Waals surface area (Å²) in [5.74, 6) is 0.850. The maximum absolute atomic E-state index is 12.4. The summed E-state index contributed by atoms with van der Waals surface area (Å²) in [6, 6.07) is 10.8. The number of amides is 2. The third-order valence-electron chi connectivity index (χ3n) is 3.78. The van der Waals surface area contributed by atoms with Crippen molar-refractivity contribution in [2.45, 2.75) is 13.3 Å². The number of nitrogens with one attached hydrogen (secondary N) is 2. The maximum atomic E-state index is 12.4. The molecule has 0 bridgehead atoms. The monoisotopic (exact) mass is 385 g/mol. The smallest absolute Gasteiger partial charge is 0.228 e. The van der Waals surface area contributed by atoms with Gasteiger partial charge in [-0.2, -0.15) is 0 Å². The summed E-state index contributed by atoms with van der Waals surface area (Å²) in [7, 11) is 3.11. The van der Waals surface area contributed by atoms with Gasteiger partial charge in [-0.15, -0.1) is 0 Å². The molecule has 0 saturated carbocycles. The Kier molecular flexibility index (Phi) is 5.56. The molecule has 27 heavy (non-hydrogen) atoms. The molecule has 3 rings (SSSR count). The van der Waals surface area contributed by atoms with Crippen molar-refractivity contribution in [1.29, 1.82) is 0 Å². The number of rotatable bonds is 6. The van der Waals surface area contributed by atoms with Crippen LogP contribution in [0.4, 0.5) is 10.8 Å². The number of benzene rings is 2. The van der Waals surface area contributed by atoms with Crippen molar-refractivity contribution in [1.82, 2.24) is 4.98 Å². The summed E-state index contributed by atoms with van der Waals surface area (Å²) in [6.45, 7) is 1.44. The fourth-order valence-corrected chi connectivity index (χ4v) is 3.54. The first-order chi connectivity index (χ1) is 13.0. The van der Waals surface area contributed by atoms with Crippen LogP contribution in [0.3, 0.4) is 0 Å². The van der Waals surface area contributed by atoms with Crippen molar-refractivity contribution in [3.8, 4) is 11.5 Å². The average molecular weight is 385 g/mol. The third-order valence-corrected chi connectivity index (χ3v) is 4.72. The minimum absolute atomic E-state index is 0.163. The zero-order valence-corrected chi connectivity index (χ0v) is 16.0. The van der Waals surface area contributed by atoms with Crippen molar-refractivity contribution < 1.29 is 19.1 Å². The quantitative estimate of drug-likeness (QED) is 0.678. The topological polar surface area (TPSA) is 89.5 Å². The van der Waals surface area contributed by atoms with Crippen LogP contribution in [-0.4, -0.2) is 31.0 Å². The molecule has 3 aromatic rings. The van der Waals surface area contributed by atoms with Crippen LogP contribution >= 0.6 is 11.3 Å². The molecule has 0 aliphatic heterocycles. The maximum Gasteiger partial charge on any atom is 0.228 e. The number of hydrogen-bond donors (Lipinski definition) is 2. The second-order valence-corrected chi connectivity index (χ2v) is 6.82. The van der Waals surface area contributed by atoms with E-state index in [9.17, 15) is 9.59 Å². The SMILES string of the molecule is COc1ccc(NC(=O)Cc2ccc3nc(NC(C)=O)sc3c2)c(OC)c1. The van der Waals surface area contributed by atoms with Gasteiger partial charge in [0.25, 0.3) is 0 Å². The first kappa shape index (κ1) is 18.7.